The van der Waals surface area contributed by atoms with Crippen LogP contribution in [0.4, 0.5) is 0 Å². The van der Waals surface area contributed by atoms with Crippen LogP contribution in [0.1, 0.15) is 6.42 Å². The SMILES string of the molecule is C=CCn1cc[n+](CCCNC=O)c1.[Cl-]. The van der Waals surface area contributed by atoms with E-state index in [1.807, 2.05) is 24.8 Å². The number of carbonyl (C=O) groups excluding carboxylic acids is 1. The van der Waals surface area contributed by atoms with E-state index in [1.54, 1.807) is 0 Å². The topological polar surface area (TPSA) is 37.9 Å². The summed E-state index contributed by atoms with van der Waals surface area (Å²) < 4.78 is 4.15. The number of nitrogens with one attached hydrogen (secondary N) is 1. The number of halogens is 1. The molecule has 1 amide bonds. The quantitative estimate of drug-likeness (QED) is 0.232. The highest BCUT2D eigenvalue weighted by Gasteiger charge is 2.00. The van der Waals surface area contributed by atoms with Gasteiger partial charge in [-0.2, -0.15) is 0 Å². The number of amides is 1. The number of aromatic nitrogens is 2. The van der Waals surface area contributed by atoms with Gasteiger partial charge in [0.25, 0.3) is 0 Å². The second-order valence-electron chi connectivity index (χ2n) is 3.06. The lowest BCUT2D eigenvalue weighted by molar-refractivity contribution is -0.696. The number of imidazole rings is 1. The van der Waals surface area contributed by atoms with Crippen LogP contribution in [-0.4, -0.2) is 17.5 Å². The van der Waals surface area contributed by atoms with Gasteiger partial charge in [0.15, 0.2) is 0 Å². The molecule has 0 spiro atoms. The Morgan fingerprint density at radius 1 is 1.53 bits per heavy atom. The lowest BCUT2D eigenvalue weighted by Crippen LogP contribution is -3.00. The minimum Gasteiger partial charge on any atom is -1.00 e. The van der Waals surface area contributed by atoms with E-state index in [1.165, 1.54) is 0 Å². The summed E-state index contributed by atoms with van der Waals surface area (Å²) in [5.74, 6) is 0. The Labute approximate surface area is 96.0 Å². The summed E-state index contributed by atoms with van der Waals surface area (Å²) in [6.07, 6.45) is 9.59. The Balaban J connectivity index is 0.00000196. The molecule has 0 saturated heterocycles. The third kappa shape index (κ3) is 5.22. The average Bonchev–Trinajstić information content (AvgIpc) is 2.61. The van der Waals surface area contributed by atoms with E-state index in [9.17, 15) is 4.79 Å². The Hall–Kier alpha value is -1.29. The lowest BCUT2D eigenvalue weighted by Gasteiger charge is -1.95. The van der Waals surface area contributed by atoms with E-state index in [0.29, 0.717) is 0 Å². The van der Waals surface area contributed by atoms with E-state index in [-0.39, 0.29) is 12.4 Å². The average molecular weight is 230 g/mol. The van der Waals surface area contributed by atoms with Crippen molar-refractivity contribution in [1.82, 2.24) is 9.88 Å². The molecule has 1 heterocycles. The van der Waals surface area contributed by atoms with Gasteiger partial charge < -0.3 is 17.7 Å². The molecule has 0 aliphatic heterocycles. The molecule has 84 valence electrons. The third-order valence-corrected chi connectivity index (χ3v) is 1.91. The first-order valence-electron chi connectivity index (χ1n) is 4.69. The normalized spacial score (nSPS) is 9.07. The van der Waals surface area contributed by atoms with Crippen molar-refractivity contribution in [3.63, 3.8) is 0 Å². The van der Waals surface area contributed by atoms with Crippen LogP contribution in [0.25, 0.3) is 0 Å². The minimum absolute atomic E-state index is 0. The zero-order valence-corrected chi connectivity index (χ0v) is 9.36. The number of rotatable bonds is 7. The smallest absolute Gasteiger partial charge is 0.244 e. The van der Waals surface area contributed by atoms with Crippen LogP contribution in [0.5, 0.6) is 0 Å². The number of carbonyl (C=O) groups is 1. The van der Waals surface area contributed by atoms with Crippen molar-refractivity contribution < 1.29 is 21.8 Å². The Bertz CT molecular complexity index is 299. The number of aryl methyl sites for hydroxylation is 1. The van der Waals surface area contributed by atoms with E-state index in [4.69, 9.17) is 0 Å². The maximum absolute atomic E-state index is 9.97. The van der Waals surface area contributed by atoms with E-state index in [0.717, 1.165) is 32.5 Å². The van der Waals surface area contributed by atoms with Gasteiger partial charge in [0, 0.05) is 13.0 Å². The summed E-state index contributed by atoms with van der Waals surface area (Å²) >= 11 is 0. The highest BCUT2D eigenvalue weighted by atomic mass is 35.5. The monoisotopic (exact) mass is 229 g/mol. The van der Waals surface area contributed by atoms with Crippen LogP contribution >= 0.6 is 0 Å². The largest absolute Gasteiger partial charge is 1.00 e. The van der Waals surface area contributed by atoms with E-state index >= 15 is 0 Å². The van der Waals surface area contributed by atoms with Crippen molar-refractivity contribution in [1.29, 1.82) is 0 Å². The van der Waals surface area contributed by atoms with Crippen LogP contribution in [0, 0.1) is 0 Å². The molecule has 0 radical (unpaired) electrons. The van der Waals surface area contributed by atoms with Gasteiger partial charge in [-0.25, -0.2) is 9.13 Å². The molecule has 1 aromatic rings. The van der Waals surface area contributed by atoms with Crippen molar-refractivity contribution in [3.05, 3.63) is 31.4 Å². The lowest BCUT2D eigenvalue weighted by atomic mass is 10.4. The van der Waals surface area contributed by atoms with Gasteiger partial charge in [-0.05, 0) is 0 Å². The Kier molecular flexibility index (Phi) is 7.36. The summed E-state index contributed by atoms with van der Waals surface area (Å²) in [6.45, 7) is 6.15. The summed E-state index contributed by atoms with van der Waals surface area (Å²) in [4.78, 5) is 9.97. The molecule has 15 heavy (non-hydrogen) atoms. The van der Waals surface area contributed by atoms with Gasteiger partial charge in [-0.3, -0.25) is 4.79 Å². The van der Waals surface area contributed by atoms with Gasteiger partial charge >= 0.3 is 0 Å². The summed E-state index contributed by atoms with van der Waals surface area (Å²) in [5, 5.41) is 2.63. The third-order valence-electron chi connectivity index (χ3n) is 1.91. The maximum Gasteiger partial charge on any atom is 0.244 e. The van der Waals surface area contributed by atoms with Crippen molar-refractivity contribution >= 4 is 6.41 Å². The first-order valence-corrected chi connectivity index (χ1v) is 4.69. The van der Waals surface area contributed by atoms with Crippen LogP contribution in [-0.2, 0) is 17.9 Å². The highest BCUT2D eigenvalue weighted by Crippen LogP contribution is 1.85. The molecular formula is C10H16ClN3O. The molecule has 0 aliphatic carbocycles. The van der Waals surface area contributed by atoms with Gasteiger partial charge in [-0.15, -0.1) is 0 Å². The fraction of sp³-hybridized carbons (Fsp3) is 0.400. The molecule has 1 rings (SSSR count). The van der Waals surface area contributed by atoms with Crippen molar-refractivity contribution in [2.45, 2.75) is 19.5 Å². The zero-order chi connectivity index (χ0) is 10.2. The standard InChI is InChI=1S/C10H15N3O.ClH/c1-2-5-12-7-8-13(10-12)6-3-4-11-9-14;/h2,7-10H,1,3-6H2;1H. The second kappa shape index (κ2) is 8.05. The number of allylic oxidation sites excluding steroid dienone is 1. The van der Waals surface area contributed by atoms with Crippen molar-refractivity contribution in [2.24, 2.45) is 0 Å². The molecule has 0 bridgehead atoms. The van der Waals surface area contributed by atoms with Crippen LogP contribution < -0.4 is 22.3 Å². The summed E-state index contributed by atoms with van der Waals surface area (Å²) in [5.41, 5.74) is 0. The van der Waals surface area contributed by atoms with Gasteiger partial charge in [0.05, 0.1) is 6.54 Å². The maximum atomic E-state index is 9.97. The molecule has 0 aromatic carbocycles. The van der Waals surface area contributed by atoms with Gasteiger partial charge in [0.2, 0.25) is 12.7 Å². The minimum atomic E-state index is 0. The van der Waals surface area contributed by atoms with Crippen molar-refractivity contribution in [3.8, 4) is 0 Å². The molecule has 4 nitrogen and oxygen atoms in total. The van der Waals surface area contributed by atoms with Crippen LogP contribution in [0.3, 0.4) is 0 Å². The zero-order valence-electron chi connectivity index (χ0n) is 8.60. The first kappa shape index (κ1) is 13.7. The molecule has 0 fully saturated rings. The highest BCUT2D eigenvalue weighted by molar-refractivity contribution is 5.45. The Morgan fingerprint density at radius 2 is 2.33 bits per heavy atom. The second-order valence-corrected chi connectivity index (χ2v) is 3.06. The number of hydrogen-bond donors (Lipinski definition) is 1. The van der Waals surface area contributed by atoms with Crippen LogP contribution in [0.2, 0.25) is 0 Å². The van der Waals surface area contributed by atoms with Gasteiger partial charge in [0.1, 0.15) is 18.9 Å². The van der Waals surface area contributed by atoms with Crippen molar-refractivity contribution in [2.75, 3.05) is 6.54 Å². The van der Waals surface area contributed by atoms with E-state index < -0.39 is 0 Å². The summed E-state index contributed by atoms with van der Waals surface area (Å²) in [7, 11) is 0. The molecular weight excluding hydrogens is 214 g/mol. The Morgan fingerprint density at radius 3 is 3.00 bits per heavy atom. The molecule has 5 heteroatoms. The molecule has 1 aromatic heterocycles. The fourth-order valence-electron chi connectivity index (χ4n) is 1.25. The predicted octanol–water partition coefficient (Wildman–Crippen LogP) is -2.90. The first-order chi connectivity index (χ1) is 6.86. The number of hydrogen-bond acceptors (Lipinski definition) is 1. The number of nitrogens with zero attached hydrogens (tertiary/aromatic N) is 2. The molecule has 0 unspecified atom stereocenters. The molecule has 0 aliphatic rings. The molecule has 0 saturated carbocycles. The van der Waals surface area contributed by atoms with Crippen LogP contribution in [0.15, 0.2) is 31.4 Å². The summed E-state index contributed by atoms with van der Waals surface area (Å²) in [6, 6.07) is 0. The predicted molar refractivity (Wildman–Crippen MR) is 53.5 cm³/mol. The van der Waals surface area contributed by atoms with Gasteiger partial charge in [-0.1, -0.05) is 12.7 Å². The van der Waals surface area contributed by atoms with E-state index in [2.05, 4.69) is 21.0 Å². The molecule has 0 atom stereocenters. The fourth-order valence-corrected chi connectivity index (χ4v) is 1.25. The molecule has 1 N–H and O–H groups in total.